The van der Waals surface area contributed by atoms with E-state index in [9.17, 15) is 4.79 Å². The lowest BCUT2D eigenvalue weighted by Crippen LogP contribution is -2.49. The molecule has 0 radical (unpaired) electrons. The third kappa shape index (κ3) is 2.48. The van der Waals surface area contributed by atoms with Crippen LogP contribution in [0.15, 0.2) is 22.6 Å². The monoisotopic (exact) mass is 327 g/mol. The molecule has 2 atom stereocenters. The summed E-state index contributed by atoms with van der Waals surface area (Å²) in [7, 11) is 1.65. The van der Waals surface area contributed by atoms with Crippen LogP contribution in [0.3, 0.4) is 0 Å². The molecule has 0 spiro atoms. The highest BCUT2D eigenvalue weighted by Crippen LogP contribution is 2.37. The summed E-state index contributed by atoms with van der Waals surface area (Å²) in [6, 6.07) is 6.11. The second-order valence-electron chi connectivity index (χ2n) is 7.17. The lowest BCUT2D eigenvalue weighted by Gasteiger charge is -2.43. The van der Waals surface area contributed by atoms with Crippen LogP contribution in [-0.4, -0.2) is 30.5 Å². The minimum Gasteiger partial charge on any atom is -0.497 e. The molecule has 24 heavy (non-hydrogen) atoms. The first-order valence-corrected chi connectivity index (χ1v) is 9.07. The maximum Gasteiger partial charge on any atom is 0.290 e. The molecule has 1 aromatic heterocycles. The molecule has 1 aromatic carbocycles. The van der Waals surface area contributed by atoms with Gasteiger partial charge in [0.15, 0.2) is 5.76 Å². The molecule has 2 aliphatic rings. The smallest absolute Gasteiger partial charge is 0.290 e. The van der Waals surface area contributed by atoms with E-state index in [0.717, 1.165) is 41.7 Å². The zero-order valence-corrected chi connectivity index (χ0v) is 14.5. The van der Waals surface area contributed by atoms with Crippen molar-refractivity contribution in [1.29, 1.82) is 0 Å². The van der Waals surface area contributed by atoms with Gasteiger partial charge in [0.25, 0.3) is 5.91 Å². The second kappa shape index (κ2) is 6.15. The van der Waals surface area contributed by atoms with E-state index in [-0.39, 0.29) is 5.91 Å². The number of rotatable bonds is 2. The topological polar surface area (TPSA) is 42.7 Å². The van der Waals surface area contributed by atoms with E-state index in [2.05, 4.69) is 4.90 Å². The van der Waals surface area contributed by atoms with Gasteiger partial charge in [-0.3, -0.25) is 4.79 Å². The van der Waals surface area contributed by atoms with Crippen LogP contribution >= 0.6 is 0 Å². The van der Waals surface area contributed by atoms with Crippen molar-refractivity contribution in [2.75, 3.05) is 13.7 Å². The van der Waals surface area contributed by atoms with E-state index in [4.69, 9.17) is 9.15 Å². The average Bonchev–Trinajstić information content (AvgIpc) is 2.96. The zero-order valence-electron chi connectivity index (χ0n) is 14.5. The van der Waals surface area contributed by atoms with Gasteiger partial charge in [0, 0.05) is 23.5 Å². The summed E-state index contributed by atoms with van der Waals surface area (Å²) >= 11 is 0. The van der Waals surface area contributed by atoms with E-state index < -0.39 is 0 Å². The first-order chi connectivity index (χ1) is 11.7. The largest absolute Gasteiger partial charge is 0.497 e. The summed E-state index contributed by atoms with van der Waals surface area (Å²) in [4.78, 5) is 15.3. The Labute approximate surface area is 142 Å². The fourth-order valence-electron chi connectivity index (χ4n) is 4.54. The summed E-state index contributed by atoms with van der Waals surface area (Å²) in [6.07, 6.45) is 7.34. The molecule has 0 unspecified atom stereocenters. The Morgan fingerprint density at radius 3 is 2.83 bits per heavy atom. The molecule has 4 heteroatoms. The predicted octanol–water partition coefficient (Wildman–Crippen LogP) is 4.54. The maximum absolute atomic E-state index is 13.2. The Hall–Kier alpha value is -1.97. The maximum atomic E-state index is 13.2. The van der Waals surface area contributed by atoms with E-state index in [1.165, 1.54) is 25.7 Å². The number of furan rings is 1. The average molecular weight is 327 g/mol. The number of methoxy groups -OCH3 is 1. The standard InChI is InChI=1S/C20H25NO3/c1-13-16-12-15(23-2)9-10-18(16)24-19(13)20(22)21-11-5-7-14-6-3-4-8-17(14)21/h9-10,12,14,17H,3-8,11H2,1-2H3/t14-,17+/m0/s1. The number of carbonyl (C=O) groups is 1. The van der Waals surface area contributed by atoms with Gasteiger partial charge in [-0.2, -0.15) is 0 Å². The van der Waals surface area contributed by atoms with Crippen LogP contribution in [0, 0.1) is 12.8 Å². The van der Waals surface area contributed by atoms with Crippen molar-refractivity contribution >= 4 is 16.9 Å². The highest BCUT2D eigenvalue weighted by atomic mass is 16.5. The number of piperidine rings is 1. The van der Waals surface area contributed by atoms with Gasteiger partial charge < -0.3 is 14.1 Å². The van der Waals surface area contributed by atoms with Gasteiger partial charge in [0.1, 0.15) is 11.3 Å². The Morgan fingerprint density at radius 2 is 2.00 bits per heavy atom. The number of ether oxygens (including phenoxy) is 1. The lowest BCUT2D eigenvalue weighted by atomic mass is 9.78. The molecule has 128 valence electrons. The number of amides is 1. The van der Waals surface area contributed by atoms with Crippen LogP contribution in [0.2, 0.25) is 0 Å². The van der Waals surface area contributed by atoms with Crippen molar-refractivity contribution < 1.29 is 13.9 Å². The lowest BCUT2D eigenvalue weighted by molar-refractivity contribution is 0.0363. The van der Waals surface area contributed by atoms with Gasteiger partial charge in [-0.15, -0.1) is 0 Å². The Bertz CT molecular complexity index is 762. The normalized spacial score (nSPS) is 24.0. The first kappa shape index (κ1) is 15.6. The highest BCUT2D eigenvalue weighted by Gasteiger charge is 2.37. The summed E-state index contributed by atoms with van der Waals surface area (Å²) in [5, 5.41) is 0.968. The van der Waals surface area contributed by atoms with E-state index in [1.54, 1.807) is 7.11 Å². The van der Waals surface area contributed by atoms with Crippen molar-refractivity contribution in [3.8, 4) is 5.75 Å². The minimum absolute atomic E-state index is 0.0688. The Morgan fingerprint density at radius 1 is 1.21 bits per heavy atom. The van der Waals surface area contributed by atoms with E-state index >= 15 is 0 Å². The number of fused-ring (bicyclic) bond motifs is 2. The van der Waals surface area contributed by atoms with Crippen LogP contribution < -0.4 is 4.74 Å². The molecular weight excluding hydrogens is 302 g/mol. The predicted molar refractivity (Wildman–Crippen MR) is 93.5 cm³/mol. The van der Waals surface area contributed by atoms with Gasteiger partial charge in [-0.1, -0.05) is 12.8 Å². The number of hydrogen-bond donors (Lipinski definition) is 0. The highest BCUT2D eigenvalue weighted by molar-refractivity contribution is 5.99. The molecular formula is C20H25NO3. The molecule has 2 fully saturated rings. The van der Waals surface area contributed by atoms with Crippen LogP contribution in [0.25, 0.3) is 11.0 Å². The Kier molecular flexibility index (Phi) is 3.99. The third-order valence-electron chi connectivity index (χ3n) is 5.84. The molecule has 1 aliphatic heterocycles. The van der Waals surface area contributed by atoms with Crippen molar-refractivity contribution in [3.05, 3.63) is 29.5 Å². The fourth-order valence-corrected chi connectivity index (χ4v) is 4.54. The number of likely N-dealkylation sites (tertiary alicyclic amines) is 1. The summed E-state index contributed by atoms with van der Waals surface area (Å²) in [6.45, 7) is 2.83. The molecule has 1 amide bonds. The zero-order chi connectivity index (χ0) is 16.7. The minimum atomic E-state index is 0.0688. The molecule has 0 N–H and O–H groups in total. The van der Waals surface area contributed by atoms with Crippen LogP contribution in [0.1, 0.15) is 54.6 Å². The molecule has 1 saturated carbocycles. The van der Waals surface area contributed by atoms with Gasteiger partial charge >= 0.3 is 0 Å². The van der Waals surface area contributed by atoms with E-state index in [1.807, 2.05) is 25.1 Å². The molecule has 1 saturated heterocycles. The van der Waals surface area contributed by atoms with Crippen molar-refractivity contribution in [3.63, 3.8) is 0 Å². The summed E-state index contributed by atoms with van der Waals surface area (Å²) in [5.41, 5.74) is 1.68. The summed E-state index contributed by atoms with van der Waals surface area (Å²) in [5.74, 6) is 2.04. The van der Waals surface area contributed by atoms with Gasteiger partial charge in [0.05, 0.1) is 7.11 Å². The number of carbonyl (C=O) groups excluding carboxylic acids is 1. The van der Waals surface area contributed by atoms with Crippen LogP contribution in [0.4, 0.5) is 0 Å². The Balaban J connectivity index is 1.68. The number of benzene rings is 1. The summed E-state index contributed by atoms with van der Waals surface area (Å²) < 4.78 is 11.2. The quantitative estimate of drug-likeness (QED) is 0.813. The molecule has 2 heterocycles. The van der Waals surface area contributed by atoms with Crippen LogP contribution in [-0.2, 0) is 0 Å². The van der Waals surface area contributed by atoms with Crippen LogP contribution in [0.5, 0.6) is 5.75 Å². The SMILES string of the molecule is COc1ccc2oc(C(=O)N3CCC[C@@H]4CCCC[C@H]43)c(C)c2c1. The second-order valence-corrected chi connectivity index (χ2v) is 7.17. The molecule has 4 nitrogen and oxygen atoms in total. The number of nitrogens with zero attached hydrogens (tertiary/aromatic N) is 1. The van der Waals surface area contributed by atoms with E-state index in [0.29, 0.717) is 17.7 Å². The first-order valence-electron chi connectivity index (χ1n) is 9.07. The molecule has 2 aromatic rings. The molecule has 0 bridgehead atoms. The fraction of sp³-hybridized carbons (Fsp3) is 0.550. The van der Waals surface area contributed by atoms with Gasteiger partial charge in [-0.25, -0.2) is 0 Å². The van der Waals surface area contributed by atoms with Gasteiger partial charge in [0.2, 0.25) is 0 Å². The van der Waals surface area contributed by atoms with Crippen molar-refractivity contribution in [2.24, 2.45) is 5.92 Å². The van der Waals surface area contributed by atoms with Crippen molar-refractivity contribution in [1.82, 2.24) is 4.90 Å². The third-order valence-corrected chi connectivity index (χ3v) is 5.84. The number of aryl methyl sites for hydroxylation is 1. The molecule has 1 aliphatic carbocycles. The molecule has 4 rings (SSSR count). The van der Waals surface area contributed by atoms with Gasteiger partial charge in [-0.05, 0) is 56.7 Å². The number of hydrogen-bond acceptors (Lipinski definition) is 3. The van der Waals surface area contributed by atoms with Crippen molar-refractivity contribution in [2.45, 2.75) is 51.5 Å².